The Kier molecular flexibility index (Phi) is 7.64. The van der Waals surface area contributed by atoms with Gasteiger partial charge in [-0.1, -0.05) is 67.6 Å². The molecule has 4 atom stereocenters. The molecule has 2 aromatic carbocycles. The Bertz CT molecular complexity index is 675. The van der Waals surface area contributed by atoms with Crippen molar-refractivity contribution < 1.29 is 9.53 Å². The summed E-state index contributed by atoms with van der Waals surface area (Å²) in [5.74, 6) is -0.365. The van der Waals surface area contributed by atoms with Gasteiger partial charge in [0.15, 0.2) is 0 Å². The molecule has 0 bridgehead atoms. The van der Waals surface area contributed by atoms with Crippen molar-refractivity contribution in [2.24, 2.45) is 11.7 Å². The fourth-order valence-electron chi connectivity index (χ4n) is 3.33. The Morgan fingerprint density at radius 2 is 1.65 bits per heavy atom. The summed E-state index contributed by atoms with van der Waals surface area (Å²) >= 11 is 0. The van der Waals surface area contributed by atoms with Crippen LogP contribution in [-0.4, -0.2) is 18.6 Å². The molecule has 0 aliphatic carbocycles. The van der Waals surface area contributed by atoms with Crippen molar-refractivity contribution in [3.05, 3.63) is 71.8 Å². The van der Waals surface area contributed by atoms with Gasteiger partial charge >= 0.3 is 0 Å². The summed E-state index contributed by atoms with van der Waals surface area (Å²) in [5, 5.41) is 3.18. The fourth-order valence-corrected chi connectivity index (χ4v) is 3.33. The standard InChI is InChI=1S/C21H26N2O2.ClH/c1-15(19(22)16-9-4-2-5-10-16)21(24)23-20(18-13-8-14-25-18)17-11-6-3-7-12-17;/h2-7,9-12,15,18-20H,8,13-14,22H2,1H3,(H,23,24);1H. The van der Waals surface area contributed by atoms with Gasteiger partial charge < -0.3 is 15.8 Å². The van der Waals surface area contributed by atoms with Gasteiger partial charge in [-0.2, -0.15) is 0 Å². The zero-order chi connectivity index (χ0) is 17.6. The van der Waals surface area contributed by atoms with E-state index >= 15 is 0 Å². The van der Waals surface area contributed by atoms with Crippen LogP contribution >= 0.6 is 12.4 Å². The summed E-state index contributed by atoms with van der Waals surface area (Å²) < 4.78 is 5.85. The number of nitrogens with two attached hydrogens (primary N) is 1. The van der Waals surface area contributed by atoms with E-state index in [4.69, 9.17) is 10.5 Å². The van der Waals surface area contributed by atoms with Crippen molar-refractivity contribution in [3.63, 3.8) is 0 Å². The number of carbonyl (C=O) groups excluding carboxylic acids is 1. The lowest BCUT2D eigenvalue weighted by Crippen LogP contribution is -2.41. The molecule has 1 aliphatic heterocycles. The number of hydrogen-bond donors (Lipinski definition) is 2. The van der Waals surface area contributed by atoms with E-state index < -0.39 is 0 Å². The molecule has 0 spiro atoms. The van der Waals surface area contributed by atoms with Crippen LogP contribution in [-0.2, 0) is 9.53 Å². The molecule has 3 N–H and O–H groups in total. The number of rotatable bonds is 6. The molecule has 1 amide bonds. The van der Waals surface area contributed by atoms with Crippen molar-refractivity contribution >= 4 is 18.3 Å². The first-order valence-electron chi connectivity index (χ1n) is 8.94. The minimum Gasteiger partial charge on any atom is -0.376 e. The van der Waals surface area contributed by atoms with Crippen molar-refractivity contribution in [1.29, 1.82) is 0 Å². The Morgan fingerprint density at radius 3 is 2.19 bits per heavy atom. The van der Waals surface area contributed by atoms with E-state index in [1.165, 1.54) is 0 Å². The third-order valence-electron chi connectivity index (χ3n) is 4.93. The Morgan fingerprint density at radius 1 is 1.08 bits per heavy atom. The van der Waals surface area contributed by atoms with Gasteiger partial charge in [-0.15, -0.1) is 12.4 Å². The maximum Gasteiger partial charge on any atom is 0.225 e. The topological polar surface area (TPSA) is 64.3 Å². The third-order valence-corrected chi connectivity index (χ3v) is 4.93. The van der Waals surface area contributed by atoms with Crippen LogP contribution in [0.1, 0.15) is 43.0 Å². The highest BCUT2D eigenvalue weighted by Gasteiger charge is 2.31. The molecule has 1 saturated heterocycles. The summed E-state index contributed by atoms with van der Waals surface area (Å²) in [5.41, 5.74) is 8.36. The first kappa shape index (κ1) is 20.4. The Hall–Kier alpha value is -1.88. The van der Waals surface area contributed by atoms with Gasteiger partial charge in [0.2, 0.25) is 5.91 Å². The largest absolute Gasteiger partial charge is 0.376 e. The van der Waals surface area contributed by atoms with Crippen LogP contribution in [0.5, 0.6) is 0 Å². The molecule has 5 heteroatoms. The second kappa shape index (κ2) is 9.72. The quantitative estimate of drug-likeness (QED) is 0.808. The lowest BCUT2D eigenvalue weighted by Gasteiger charge is -2.28. The van der Waals surface area contributed by atoms with Gasteiger partial charge in [-0.3, -0.25) is 4.79 Å². The van der Waals surface area contributed by atoms with Crippen molar-refractivity contribution in [2.45, 2.75) is 38.0 Å². The maximum atomic E-state index is 12.9. The van der Waals surface area contributed by atoms with Gasteiger partial charge in [0.25, 0.3) is 0 Å². The molecule has 26 heavy (non-hydrogen) atoms. The number of hydrogen-bond acceptors (Lipinski definition) is 3. The number of halogens is 1. The number of amides is 1. The van der Waals surface area contributed by atoms with E-state index in [2.05, 4.69) is 5.32 Å². The average Bonchev–Trinajstić information content (AvgIpc) is 3.20. The zero-order valence-corrected chi connectivity index (χ0v) is 15.8. The minimum absolute atomic E-state index is 0. The van der Waals surface area contributed by atoms with Gasteiger partial charge in [0, 0.05) is 12.6 Å². The first-order valence-corrected chi connectivity index (χ1v) is 8.94. The predicted octanol–water partition coefficient (Wildman–Crippen LogP) is 3.78. The first-order chi connectivity index (χ1) is 12.2. The number of carbonyl (C=O) groups is 1. The minimum atomic E-state index is -0.331. The lowest BCUT2D eigenvalue weighted by molar-refractivity contribution is -0.127. The molecular formula is C21H27ClN2O2. The van der Waals surface area contributed by atoms with Crippen molar-refractivity contribution in [1.82, 2.24) is 5.32 Å². The second-order valence-corrected chi connectivity index (χ2v) is 6.67. The van der Waals surface area contributed by atoms with E-state index in [0.29, 0.717) is 0 Å². The molecule has 4 nitrogen and oxygen atoms in total. The van der Waals surface area contributed by atoms with Gasteiger partial charge in [-0.25, -0.2) is 0 Å². The summed E-state index contributed by atoms with van der Waals surface area (Å²) in [6.45, 7) is 2.63. The predicted molar refractivity (Wildman–Crippen MR) is 106 cm³/mol. The Balaban J connectivity index is 0.00000243. The SMILES string of the molecule is CC(C(=O)NC(c1ccccc1)C1CCCO1)C(N)c1ccccc1.Cl. The van der Waals surface area contributed by atoms with E-state index in [-0.39, 0.29) is 42.4 Å². The van der Waals surface area contributed by atoms with Gasteiger partial charge in [0.05, 0.1) is 18.1 Å². The smallest absolute Gasteiger partial charge is 0.225 e. The van der Waals surface area contributed by atoms with Crippen molar-refractivity contribution in [3.8, 4) is 0 Å². The lowest BCUT2D eigenvalue weighted by atomic mass is 9.93. The van der Waals surface area contributed by atoms with Crippen molar-refractivity contribution in [2.75, 3.05) is 6.61 Å². The van der Waals surface area contributed by atoms with E-state index in [1.54, 1.807) is 0 Å². The van der Waals surface area contributed by atoms with E-state index in [1.807, 2.05) is 67.6 Å². The normalized spacial score (nSPS) is 19.8. The monoisotopic (exact) mass is 374 g/mol. The number of benzene rings is 2. The van der Waals surface area contributed by atoms with Crippen LogP contribution in [0.3, 0.4) is 0 Å². The highest BCUT2D eigenvalue weighted by Crippen LogP contribution is 2.28. The average molecular weight is 375 g/mol. The molecule has 0 radical (unpaired) electrons. The highest BCUT2D eigenvalue weighted by molar-refractivity contribution is 5.85. The summed E-state index contributed by atoms with van der Waals surface area (Å²) in [6.07, 6.45) is 2.01. The summed E-state index contributed by atoms with van der Waals surface area (Å²) in [7, 11) is 0. The molecule has 4 unspecified atom stereocenters. The van der Waals surface area contributed by atoms with E-state index in [9.17, 15) is 4.79 Å². The molecule has 1 heterocycles. The zero-order valence-electron chi connectivity index (χ0n) is 15.0. The Labute approximate surface area is 161 Å². The highest BCUT2D eigenvalue weighted by atomic mass is 35.5. The molecule has 0 saturated carbocycles. The van der Waals surface area contributed by atoms with E-state index in [0.717, 1.165) is 30.6 Å². The molecule has 3 rings (SSSR count). The van der Waals surface area contributed by atoms with Crippen LogP contribution in [0.15, 0.2) is 60.7 Å². The molecule has 1 fully saturated rings. The van der Waals surface area contributed by atoms with Crippen LogP contribution in [0.2, 0.25) is 0 Å². The number of nitrogens with one attached hydrogen (secondary N) is 1. The summed E-state index contributed by atoms with van der Waals surface area (Å²) in [4.78, 5) is 12.9. The molecule has 140 valence electrons. The maximum absolute atomic E-state index is 12.9. The molecule has 1 aliphatic rings. The fraction of sp³-hybridized carbons (Fsp3) is 0.381. The molecule has 2 aromatic rings. The van der Waals surface area contributed by atoms with Crippen LogP contribution in [0.25, 0.3) is 0 Å². The van der Waals surface area contributed by atoms with Gasteiger partial charge in [-0.05, 0) is 24.0 Å². The van der Waals surface area contributed by atoms with Crippen LogP contribution in [0, 0.1) is 5.92 Å². The second-order valence-electron chi connectivity index (χ2n) is 6.67. The van der Waals surface area contributed by atoms with Crippen LogP contribution < -0.4 is 11.1 Å². The van der Waals surface area contributed by atoms with Crippen LogP contribution in [0.4, 0.5) is 0 Å². The third kappa shape index (κ3) is 4.85. The van der Waals surface area contributed by atoms with Gasteiger partial charge in [0.1, 0.15) is 0 Å². The molecular weight excluding hydrogens is 348 g/mol. The summed E-state index contributed by atoms with van der Waals surface area (Å²) in [6, 6.07) is 19.3. The number of ether oxygens (including phenoxy) is 1. The molecule has 0 aromatic heterocycles.